The molecule has 12 heavy (non-hydrogen) atoms. The number of hydrogen-bond acceptors (Lipinski definition) is 2. The summed E-state index contributed by atoms with van der Waals surface area (Å²) in [6, 6.07) is 3.32. The van der Waals surface area contributed by atoms with Crippen molar-refractivity contribution in [2.75, 3.05) is 0 Å². The molecule has 0 fully saturated rings. The Bertz CT molecular complexity index is 328. The van der Waals surface area contributed by atoms with Gasteiger partial charge in [0.1, 0.15) is 0 Å². The Balaban J connectivity index is 3.02. The van der Waals surface area contributed by atoms with Gasteiger partial charge < -0.3 is 4.98 Å². The van der Waals surface area contributed by atoms with Gasteiger partial charge in [0.05, 0.1) is 5.56 Å². The summed E-state index contributed by atoms with van der Waals surface area (Å²) in [6.45, 7) is 2.03. The molecule has 0 radical (unpaired) electrons. The minimum atomic E-state index is -0.295. The van der Waals surface area contributed by atoms with Crippen molar-refractivity contribution in [1.29, 1.82) is 0 Å². The zero-order valence-electron chi connectivity index (χ0n) is 6.96. The molecule has 0 saturated heterocycles. The maximum absolute atomic E-state index is 11.1. The second-order valence-electron chi connectivity index (χ2n) is 2.64. The summed E-state index contributed by atoms with van der Waals surface area (Å²) in [6.07, 6.45) is 2.39. The molecule has 0 unspecified atom stereocenters. The number of carbonyl (C=O) groups is 1. The molecule has 1 aromatic rings. The molecule has 3 nitrogen and oxygen atoms in total. The van der Waals surface area contributed by atoms with Crippen LogP contribution in [0.3, 0.4) is 0 Å². The highest BCUT2D eigenvalue weighted by Gasteiger charge is 1.97. The molecule has 0 aliphatic heterocycles. The van der Waals surface area contributed by atoms with Crippen LogP contribution in [0, 0.1) is 0 Å². The van der Waals surface area contributed by atoms with Gasteiger partial charge in [-0.3, -0.25) is 9.59 Å². The summed E-state index contributed by atoms with van der Waals surface area (Å²) in [5.41, 5.74) is 0.777. The maximum Gasteiger partial charge on any atom is 0.258 e. The number of aldehydes is 1. The van der Waals surface area contributed by atoms with Crippen LogP contribution in [0.1, 0.15) is 29.4 Å². The summed E-state index contributed by atoms with van der Waals surface area (Å²) in [4.78, 5) is 24.0. The molecule has 1 N–H and O–H groups in total. The van der Waals surface area contributed by atoms with Gasteiger partial charge in [-0.1, -0.05) is 13.3 Å². The van der Waals surface area contributed by atoms with E-state index in [-0.39, 0.29) is 11.1 Å². The lowest BCUT2D eigenvalue weighted by molar-refractivity contribution is 0.112. The van der Waals surface area contributed by atoms with E-state index in [0.29, 0.717) is 6.29 Å². The minimum Gasteiger partial charge on any atom is -0.326 e. The van der Waals surface area contributed by atoms with Gasteiger partial charge in [-0.25, -0.2) is 0 Å². The molecule has 0 spiro atoms. The number of pyridine rings is 1. The first-order chi connectivity index (χ1) is 5.77. The van der Waals surface area contributed by atoms with Gasteiger partial charge in [-0.2, -0.15) is 0 Å². The Labute approximate surface area is 70.4 Å². The quantitative estimate of drug-likeness (QED) is 0.683. The normalized spacial score (nSPS) is 9.75. The van der Waals surface area contributed by atoms with E-state index in [2.05, 4.69) is 4.98 Å². The van der Waals surface area contributed by atoms with Crippen LogP contribution in [-0.2, 0) is 6.42 Å². The molecular formula is C9H11NO2. The van der Waals surface area contributed by atoms with Crippen LogP contribution < -0.4 is 5.56 Å². The van der Waals surface area contributed by atoms with E-state index < -0.39 is 0 Å². The first kappa shape index (κ1) is 8.71. The van der Waals surface area contributed by atoms with Crippen LogP contribution in [0.25, 0.3) is 0 Å². The second-order valence-corrected chi connectivity index (χ2v) is 2.64. The maximum atomic E-state index is 11.1. The summed E-state index contributed by atoms with van der Waals surface area (Å²) in [5.74, 6) is 0. The van der Waals surface area contributed by atoms with Gasteiger partial charge in [0, 0.05) is 5.69 Å². The van der Waals surface area contributed by atoms with Crippen molar-refractivity contribution in [1.82, 2.24) is 4.98 Å². The topological polar surface area (TPSA) is 49.9 Å². The standard InChI is InChI=1S/C9H11NO2/c1-2-3-8-5-4-7(6-11)9(12)10-8/h4-6H,2-3H2,1H3,(H,10,12). The van der Waals surface area contributed by atoms with E-state index >= 15 is 0 Å². The highest BCUT2D eigenvalue weighted by atomic mass is 16.1. The molecule has 0 bridgehead atoms. The van der Waals surface area contributed by atoms with Crippen LogP contribution in [-0.4, -0.2) is 11.3 Å². The van der Waals surface area contributed by atoms with Crippen molar-refractivity contribution in [3.05, 3.63) is 33.7 Å². The van der Waals surface area contributed by atoms with Gasteiger partial charge in [-0.05, 0) is 18.6 Å². The van der Waals surface area contributed by atoms with Crippen LogP contribution in [0.2, 0.25) is 0 Å². The van der Waals surface area contributed by atoms with Crippen molar-refractivity contribution in [2.45, 2.75) is 19.8 Å². The lowest BCUT2D eigenvalue weighted by atomic mass is 10.2. The zero-order valence-corrected chi connectivity index (χ0v) is 6.96. The van der Waals surface area contributed by atoms with E-state index in [1.165, 1.54) is 0 Å². The van der Waals surface area contributed by atoms with Gasteiger partial charge in [0.15, 0.2) is 6.29 Å². The minimum absolute atomic E-state index is 0.190. The van der Waals surface area contributed by atoms with Gasteiger partial charge in [0.25, 0.3) is 5.56 Å². The van der Waals surface area contributed by atoms with Gasteiger partial charge in [0.2, 0.25) is 0 Å². The number of aryl methyl sites for hydroxylation is 1. The summed E-state index contributed by atoms with van der Waals surface area (Å²) in [5, 5.41) is 0. The fourth-order valence-corrected chi connectivity index (χ4v) is 1.03. The smallest absolute Gasteiger partial charge is 0.258 e. The predicted molar refractivity (Wildman–Crippen MR) is 46.4 cm³/mol. The first-order valence-electron chi connectivity index (χ1n) is 3.95. The van der Waals surface area contributed by atoms with Gasteiger partial charge >= 0.3 is 0 Å². The number of aromatic amines is 1. The Kier molecular flexibility index (Phi) is 2.80. The molecule has 1 heterocycles. The lowest BCUT2D eigenvalue weighted by Crippen LogP contribution is -2.13. The van der Waals surface area contributed by atoms with Crippen LogP contribution in [0.4, 0.5) is 0 Å². The average molecular weight is 165 g/mol. The number of hydrogen-bond donors (Lipinski definition) is 1. The largest absolute Gasteiger partial charge is 0.326 e. The molecule has 0 aromatic carbocycles. The van der Waals surface area contributed by atoms with E-state index in [9.17, 15) is 9.59 Å². The number of carbonyl (C=O) groups excluding carboxylic acids is 1. The average Bonchev–Trinajstić information content (AvgIpc) is 2.05. The van der Waals surface area contributed by atoms with Crippen LogP contribution in [0.5, 0.6) is 0 Å². The van der Waals surface area contributed by atoms with Crippen molar-refractivity contribution in [2.24, 2.45) is 0 Å². The number of rotatable bonds is 3. The summed E-state index contributed by atoms with van der Waals surface area (Å²) < 4.78 is 0. The first-order valence-corrected chi connectivity index (χ1v) is 3.95. The molecule has 0 saturated carbocycles. The van der Waals surface area contributed by atoms with E-state index in [0.717, 1.165) is 18.5 Å². The van der Waals surface area contributed by atoms with Crippen molar-refractivity contribution >= 4 is 6.29 Å². The molecule has 3 heteroatoms. The van der Waals surface area contributed by atoms with Crippen LogP contribution >= 0.6 is 0 Å². The van der Waals surface area contributed by atoms with E-state index in [4.69, 9.17) is 0 Å². The van der Waals surface area contributed by atoms with E-state index in [1.807, 2.05) is 6.92 Å². The third kappa shape index (κ3) is 1.81. The molecule has 0 amide bonds. The fourth-order valence-electron chi connectivity index (χ4n) is 1.03. The molecular weight excluding hydrogens is 154 g/mol. The molecule has 0 aliphatic rings. The van der Waals surface area contributed by atoms with Gasteiger partial charge in [-0.15, -0.1) is 0 Å². The number of H-pyrrole nitrogens is 1. The Morgan fingerprint density at radius 2 is 2.25 bits per heavy atom. The second kappa shape index (κ2) is 3.85. The molecule has 1 aromatic heterocycles. The van der Waals surface area contributed by atoms with Crippen molar-refractivity contribution < 1.29 is 4.79 Å². The van der Waals surface area contributed by atoms with Crippen molar-refractivity contribution in [3.63, 3.8) is 0 Å². The fraction of sp³-hybridized carbons (Fsp3) is 0.333. The summed E-state index contributed by atoms with van der Waals surface area (Å²) in [7, 11) is 0. The van der Waals surface area contributed by atoms with Crippen molar-refractivity contribution in [3.8, 4) is 0 Å². The molecule has 0 atom stereocenters. The Morgan fingerprint density at radius 3 is 2.75 bits per heavy atom. The Hall–Kier alpha value is -1.38. The molecule has 0 aliphatic carbocycles. The lowest BCUT2D eigenvalue weighted by Gasteiger charge is -1.97. The monoisotopic (exact) mass is 165 g/mol. The predicted octanol–water partition coefficient (Wildman–Crippen LogP) is 1.14. The number of aromatic nitrogens is 1. The Morgan fingerprint density at radius 1 is 1.50 bits per heavy atom. The third-order valence-corrected chi connectivity index (χ3v) is 1.65. The number of nitrogens with one attached hydrogen (secondary N) is 1. The third-order valence-electron chi connectivity index (χ3n) is 1.65. The zero-order chi connectivity index (χ0) is 8.97. The molecule has 64 valence electrons. The SMILES string of the molecule is CCCc1ccc(C=O)c(=O)[nH]1. The molecule has 1 rings (SSSR count). The summed E-state index contributed by atoms with van der Waals surface area (Å²) >= 11 is 0. The van der Waals surface area contributed by atoms with E-state index in [1.54, 1.807) is 12.1 Å². The highest BCUT2D eigenvalue weighted by Crippen LogP contribution is 1.96. The van der Waals surface area contributed by atoms with Crippen LogP contribution in [0.15, 0.2) is 16.9 Å². The highest BCUT2D eigenvalue weighted by molar-refractivity contribution is 5.73.